The first kappa shape index (κ1) is 105. The molecule has 4 amide bonds. The standard InChI is InChI=1S/C102H139N17O21/c1-62-17-13-12-14-18-63(2)82(129-8)53-76-25-20-68(7)102(128,140-76)92(123)96(125)118-32-16-15-19-79(118)97(126)137-84(54-83(130-9)64(3)48-67(6)90(122)91(132-11)89(121)66(5)47-62)65(4)49-69-22-26-81(85(51-69)131-10)139-101(127)117-34-29-77-75(60-117)57-108-100(112-77)115-37-35-114(36-38-115)99-106-55-74(56-107-99)95(124)105-31-40-134-42-44-136-46-45-135-43-41-133-39-30-86(120)116-33-28-71-50-70(21-23-73(71)59-116)58-119-94-87(93(103)109-61-110-94)88(113-119)72-24-27-80-78(52-72)111-98(104)138-80/h12-14,17-18,21,23-24,27,48,50,52,55-57,61-62,64-66,68-69,76,79,81-85,90-91,122,128H,15-16,19-20,22,25-26,28-47,49,51,53-54,58-60H2,1-11H3,(H2,104,111)(H,105,124)(H2,103,109,110)/b14-12?,17-13+,63-18?,67-48+/t62-,64-,65-,66-,68-,69+,76+,79+,81-,82+,83-,84+,85-,90-,91+,102-/m1/s1. The maximum absolute atomic E-state index is 15.1. The van der Waals surface area contributed by atoms with Gasteiger partial charge < -0.3 is 108 Å². The number of benzene rings is 2. The summed E-state index contributed by atoms with van der Waals surface area (Å²) in [6.45, 7) is 20.8. The van der Waals surface area contributed by atoms with E-state index in [1.54, 1.807) is 52.3 Å². The molecule has 7 N–H and O–H groups in total. The fraction of sp³-hybridized carbons (Fsp3) is 0.598. The predicted octanol–water partition coefficient (Wildman–Crippen LogP) is 9.67. The van der Waals surface area contributed by atoms with Crippen LogP contribution in [0.4, 0.5) is 28.5 Å². The Balaban J connectivity index is 0.480. The number of aliphatic hydroxyl groups is 2. The summed E-state index contributed by atoms with van der Waals surface area (Å²) in [4.78, 5) is 140. The quantitative estimate of drug-likeness (QED) is 0.0126. The number of fused-ring (bicyclic) bond motifs is 7. The number of aliphatic hydroxyl groups excluding tert-OH is 1. The number of carbonyl (C=O) groups excluding carboxylic acids is 7. The van der Waals surface area contributed by atoms with E-state index in [0.29, 0.717) is 219 Å². The van der Waals surface area contributed by atoms with Crippen LogP contribution in [0.15, 0.2) is 113 Å². The topological polar surface area (TPSA) is 463 Å². The summed E-state index contributed by atoms with van der Waals surface area (Å²) in [5.74, 6) is -6.31. The molecule has 7 aromatic rings. The van der Waals surface area contributed by atoms with Gasteiger partial charge in [0.1, 0.15) is 53.8 Å². The molecule has 38 nitrogen and oxygen atoms in total. The molecule has 5 aromatic heterocycles. The molecular formula is C102H139N17O21. The van der Waals surface area contributed by atoms with Gasteiger partial charge >= 0.3 is 12.1 Å². The number of hydrogen-bond donors (Lipinski definition) is 5. The number of cyclic esters (lactones) is 1. The number of rotatable bonds is 29. The molecule has 2 bridgehead atoms. The number of nitrogens with one attached hydrogen (secondary N) is 1. The summed E-state index contributed by atoms with van der Waals surface area (Å²) >= 11 is 0. The van der Waals surface area contributed by atoms with Crippen LogP contribution in [0.3, 0.4) is 0 Å². The molecule has 14 rings (SSSR count). The summed E-state index contributed by atoms with van der Waals surface area (Å²) in [6, 6.07) is 10.8. The Morgan fingerprint density at radius 1 is 0.671 bits per heavy atom. The average molecular weight is 1940 g/mol. The SMILES string of the molecule is CO[C@H]1C[C@@H]2CC[C@@H](C)[C@@](O)(O2)C(=O)C(=O)N2CCCC[C@H]2C(=O)O[C@H]([C@H](C)C[C@@H]2CC[C@@H](OC(=O)N3CCc4nc(N5CCN(c6ncc(C(=O)NCCOCCOCCOCCOCCC(=O)N7CCc8cc(Cn9nc(-c%10ccc%11oc(N)nc%11c%10)c%10c(N)ncnc%109)ccc8C7)cn6)CC5)ncc4C3)[C@H](OC)C2)C[C@@H](OC)[C@H](C)/C=C(\C)[C@@H](O)[C@@H](OC)C(=O)[C@H](C)C[C@H](C)/C=C/C=CC=C1C. The second kappa shape index (κ2) is 49.5. The van der Waals surface area contributed by atoms with Gasteiger partial charge in [0.25, 0.3) is 23.6 Å². The molecule has 3 saturated heterocycles. The molecule has 16 atom stereocenters. The van der Waals surface area contributed by atoms with Gasteiger partial charge in [-0.15, -0.1) is 0 Å². The average Bonchev–Trinajstić information content (AvgIpc) is 1.66. The monoisotopic (exact) mass is 1940 g/mol. The molecule has 0 unspecified atom stereocenters. The van der Waals surface area contributed by atoms with E-state index in [9.17, 15) is 39.0 Å². The minimum Gasteiger partial charge on any atom is -0.460 e. The molecular weight excluding hydrogens is 1800 g/mol. The minimum atomic E-state index is -2.47. The first-order chi connectivity index (χ1) is 67.6. The highest BCUT2D eigenvalue weighted by Crippen LogP contribution is 2.41. The van der Waals surface area contributed by atoms with E-state index < -0.39 is 102 Å². The van der Waals surface area contributed by atoms with Crippen molar-refractivity contribution in [2.45, 2.75) is 225 Å². The van der Waals surface area contributed by atoms with Crippen molar-refractivity contribution >= 4 is 87.2 Å². The molecule has 11 heterocycles. The lowest BCUT2D eigenvalue weighted by Crippen LogP contribution is -2.61. The molecule has 1 aliphatic carbocycles. The van der Waals surface area contributed by atoms with Gasteiger partial charge in [0.2, 0.25) is 23.6 Å². The van der Waals surface area contributed by atoms with Gasteiger partial charge in [0.15, 0.2) is 17.0 Å². The zero-order chi connectivity index (χ0) is 99.3. The Morgan fingerprint density at radius 3 is 2.12 bits per heavy atom. The number of ether oxygens (including phenoxy) is 11. The number of piperidine rings is 1. The van der Waals surface area contributed by atoms with E-state index in [4.69, 9.17) is 83.1 Å². The molecule has 6 aliphatic heterocycles. The Bertz CT molecular complexity index is 5530. The van der Waals surface area contributed by atoms with Gasteiger partial charge in [0, 0.05) is 154 Å². The van der Waals surface area contributed by atoms with Crippen molar-refractivity contribution in [1.29, 1.82) is 0 Å². The number of hydrogen-bond acceptors (Lipinski definition) is 33. The lowest BCUT2D eigenvalue weighted by molar-refractivity contribution is -0.265. The summed E-state index contributed by atoms with van der Waals surface area (Å²) in [6.07, 6.45) is 18.3. The number of nitrogens with zero attached hydrogens (tertiary/aromatic N) is 14. The van der Waals surface area contributed by atoms with Crippen LogP contribution < -0.4 is 26.6 Å². The normalized spacial score (nSPS) is 26.6. The first-order valence-corrected chi connectivity index (χ1v) is 49.3. The summed E-state index contributed by atoms with van der Waals surface area (Å²) in [7, 11) is 6.18. The zero-order valence-electron chi connectivity index (χ0n) is 82.5. The maximum Gasteiger partial charge on any atom is 0.410 e. The highest BCUT2D eigenvalue weighted by molar-refractivity contribution is 6.39. The number of anilines is 4. The Morgan fingerprint density at radius 2 is 1.39 bits per heavy atom. The van der Waals surface area contributed by atoms with Crippen LogP contribution in [0.1, 0.15) is 170 Å². The van der Waals surface area contributed by atoms with Crippen LogP contribution in [0, 0.1) is 35.5 Å². The Hall–Kier alpha value is -11.2. The van der Waals surface area contributed by atoms with Gasteiger partial charge in [-0.3, -0.25) is 24.0 Å². The summed E-state index contributed by atoms with van der Waals surface area (Å²) in [5, 5.41) is 32.6. The van der Waals surface area contributed by atoms with Gasteiger partial charge in [-0.25, -0.2) is 44.2 Å². The highest BCUT2D eigenvalue weighted by atomic mass is 16.6. The Labute approximate surface area is 817 Å². The van der Waals surface area contributed by atoms with Crippen molar-refractivity contribution in [3.8, 4) is 11.3 Å². The fourth-order valence-electron chi connectivity index (χ4n) is 20.1. The van der Waals surface area contributed by atoms with Gasteiger partial charge in [-0.05, 0) is 148 Å². The summed E-state index contributed by atoms with van der Waals surface area (Å²) in [5.41, 5.74) is 22.1. The number of allylic oxidation sites excluding steroid dienone is 5. The van der Waals surface area contributed by atoms with E-state index in [1.165, 1.54) is 36.3 Å². The molecule has 4 fully saturated rings. The molecule has 140 heavy (non-hydrogen) atoms. The fourth-order valence-corrected chi connectivity index (χ4v) is 20.1. The molecule has 38 heteroatoms. The largest absolute Gasteiger partial charge is 0.460 e. The number of aromatic nitrogens is 9. The number of methoxy groups -OCH3 is 4. The maximum atomic E-state index is 15.1. The number of amides is 4. The molecule has 1 saturated carbocycles. The van der Waals surface area contributed by atoms with Gasteiger partial charge in [-0.2, -0.15) is 10.1 Å². The van der Waals surface area contributed by atoms with Crippen LogP contribution in [0.2, 0.25) is 0 Å². The number of oxazole rings is 1. The molecule has 2 aromatic carbocycles. The van der Waals surface area contributed by atoms with Crippen molar-refractivity contribution in [3.63, 3.8) is 0 Å². The van der Waals surface area contributed by atoms with Crippen LogP contribution in [0.25, 0.3) is 33.4 Å². The smallest absolute Gasteiger partial charge is 0.410 e. The van der Waals surface area contributed by atoms with Crippen LogP contribution in [-0.2, 0) is 109 Å². The van der Waals surface area contributed by atoms with Crippen molar-refractivity contribution in [1.82, 2.24) is 64.7 Å². The van der Waals surface area contributed by atoms with E-state index in [1.807, 2.05) is 92.8 Å². The third kappa shape index (κ3) is 26.4. The number of piperazine rings is 1. The van der Waals surface area contributed by atoms with Crippen LogP contribution in [-0.4, -0.2) is 305 Å². The third-order valence-corrected chi connectivity index (χ3v) is 28.4. The van der Waals surface area contributed by atoms with Crippen molar-refractivity contribution < 1.29 is 100 Å². The number of nitrogens with two attached hydrogens (primary N) is 2. The van der Waals surface area contributed by atoms with Gasteiger partial charge in [0.05, 0.1) is 113 Å². The molecule has 0 radical (unpaired) electrons. The number of carbonyl (C=O) groups is 7. The van der Waals surface area contributed by atoms with Crippen LogP contribution in [0.5, 0.6) is 0 Å². The third-order valence-electron chi connectivity index (χ3n) is 28.4. The molecule has 758 valence electrons. The lowest BCUT2D eigenvalue weighted by Gasteiger charge is -2.43. The van der Waals surface area contributed by atoms with E-state index in [-0.39, 0.29) is 93.5 Å². The van der Waals surface area contributed by atoms with E-state index in [0.717, 1.165) is 39.9 Å². The highest BCUT2D eigenvalue weighted by Gasteiger charge is 2.54. The van der Waals surface area contributed by atoms with Crippen molar-refractivity contribution in [3.05, 3.63) is 142 Å². The van der Waals surface area contributed by atoms with Crippen molar-refractivity contribution in [2.75, 3.05) is 155 Å². The number of nitrogen functional groups attached to an aromatic ring is 2. The molecule has 0 spiro atoms. The minimum absolute atomic E-state index is 0.00207. The first-order valence-electron chi connectivity index (χ1n) is 49.3. The number of ketones is 2. The second-order valence-electron chi connectivity index (χ2n) is 38.2. The van der Waals surface area contributed by atoms with Gasteiger partial charge in [-0.1, -0.05) is 89.3 Å². The Kier molecular flexibility index (Phi) is 37.0. The zero-order valence-corrected chi connectivity index (χ0v) is 82.5. The molecule has 7 aliphatic rings. The lowest BCUT2D eigenvalue weighted by atomic mass is 9.78. The number of Topliss-reactive ketones (excluding diaryl/α,β-unsaturated/α-hetero) is 2. The second-order valence-corrected chi connectivity index (χ2v) is 38.2. The van der Waals surface area contributed by atoms with Crippen LogP contribution >= 0.6 is 0 Å². The van der Waals surface area contributed by atoms with Crippen molar-refractivity contribution in [2.24, 2.45) is 35.5 Å². The number of esters is 1. The predicted molar refractivity (Wildman–Crippen MR) is 520 cm³/mol. The summed E-state index contributed by atoms with van der Waals surface area (Å²) < 4.78 is 73.3. The van der Waals surface area contributed by atoms with E-state index in [2.05, 4.69) is 58.2 Å². The van der Waals surface area contributed by atoms with E-state index >= 15 is 4.79 Å².